The molecule has 0 spiro atoms. The largest absolute Gasteiger partial charge is 0.310 e. The molecule has 2 rings (SSSR count). The Balaban J connectivity index is 2.03. The van der Waals surface area contributed by atoms with Crippen LogP contribution in [0.1, 0.15) is 31.9 Å². The minimum absolute atomic E-state index is 0.352. The van der Waals surface area contributed by atoms with Gasteiger partial charge in [0.2, 0.25) is 0 Å². The van der Waals surface area contributed by atoms with Gasteiger partial charge < -0.3 is 5.32 Å². The van der Waals surface area contributed by atoms with Gasteiger partial charge in [0.1, 0.15) is 5.03 Å². The first-order valence-corrected chi connectivity index (χ1v) is 8.43. The minimum Gasteiger partial charge on any atom is -0.310 e. The van der Waals surface area contributed by atoms with Crippen molar-refractivity contribution >= 4 is 27.7 Å². The Morgan fingerprint density at radius 2 is 2.05 bits per heavy atom. The van der Waals surface area contributed by atoms with Gasteiger partial charge >= 0.3 is 0 Å². The van der Waals surface area contributed by atoms with E-state index < -0.39 is 0 Å². The lowest BCUT2D eigenvalue weighted by Gasteiger charge is -2.13. The molecule has 1 aromatic carbocycles. The molecule has 0 saturated carbocycles. The van der Waals surface area contributed by atoms with E-state index >= 15 is 0 Å². The Morgan fingerprint density at radius 1 is 1.25 bits per heavy atom. The fraction of sp³-hybridized carbons (Fsp3) is 0.312. The van der Waals surface area contributed by atoms with Crippen LogP contribution in [-0.2, 0) is 0 Å². The van der Waals surface area contributed by atoms with Crippen molar-refractivity contribution in [3.05, 3.63) is 52.6 Å². The van der Waals surface area contributed by atoms with Crippen molar-refractivity contribution < 1.29 is 0 Å². The van der Waals surface area contributed by atoms with Gasteiger partial charge in [0, 0.05) is 21.6 Å². The Labute approximate surface area is 133 Å². The second-order valence-corrected chi connectivity index (χ2v) is 6.55. The molecule has 0 amide bonds. The maximum atomic E-state index is 4.55. The number of pyridine rings is 1. The van der Waals surface area contributed by atoms with Crippen LogP contribution in [0.4, 0.5) is 0 Å². The van der Waals surface area contributed by atoms with Crippen LogP contribution in [-0.4, -0.2) is 11.5 Å². The molecule has 0 aliphatic heterocycles. The fourth-order valence-electron chi connectivity index (χ4n) is 1.83. The van der Waals surface area contributed by atoms with Crippen molar-refractivity contribution in [3.8, 4) is 0 Å². The van der Waals surface area contributed by atoms with Gasteiger partial charge in [-0.1, -0.05) is 36.9 Å². The Bertz CT molecular complexity index is 542. The van der Waals surface area contributed by atoms with E-state index in [-0.39, 0.29) is 0 Å². The Kier molecular flexibility index (Phi) is 6.07. The van der Waals surface area contributed by atoms with Crippen molar-refractivity contribution in [1.29, 1.82) is 0 Å². The van der Waals surface area contributed by atoms with Gasteiger partial charge in [-0.15, -0.1) is 0 Å². The van der Waals surface area contributed by atoms with Crippen LogP contribution in [0.25, 0.3) is 0 Å². The second-order valence-electron chi connectivity index (χ2n) is 4.64. The number of hydrogen-bond acceptors (Lipinski definition) is 3. The van der Waals surface area contributed by atoms with Crippen molar-refractivity contribution in [1.82, 2.24) is 10.3 Å². The minimum atomic E-state index is 0.352. The van der Waals surface area contributed by atoms with Gasteiger partial charge in [-0.05, 0) is 59.6 Å². The summed E-state index contributed by atoms with van der Waals surface area (Å²) in [5, 5.41) is 4.49. The molecule has 1 unspecified atom stereocenters. The zero-order chi connectivity index (χ0) is 14.4. The normalized spacial score (nSPS) is 12.3. The first-order valence-electron chi connectivity index (χ1n) is 6.82. The van der Waals surface area contributed by atoms with Crippen molar-refractivity contribution in [3.63, 3.8) is 0 Å². The topological polar surface area (TPSA) is 24.9 Å². The van der Waals surface area contributed by atoms with Crippen LogP contribution in [0.2, 0.25) is 0 Å². The highest BCUT2D eigenvalue weighted by Crippen LogP contribution is 2.32. The third-order valence-corrected chi connectivity index (χ3v) is 4.99. The van der Waals surface area contributed by atoms with Crippen molar-refractivity contribution in [2.24, 2.45) is 0 Å². The predicted molar refractivity (Wildman–Crippen MR) is 89.2 cm³/mol. The zero-order valence-electron chi connectivity index (χ0n) is 11.8. The van der Waals surface area contributed by atoms with E-state index in [1.165, 1.54) is 10.5 Å². The standard InChI is InChI=1S/C16H19BrN2S/c1-3-10-18-12(2)13-8-9-16(19-11-13)20-15-7-5-4-6-14(15)17/h4-9,11-12,18H,3,10H2,1-2H3. The smallest absolute Gasteiger partial charge is 0.101 e. The van der Waals surface area contributed by atoms with E-state index in [9.17, 15) is 0 Å². The van der Waals surface area contributed by atoms with E-state index in [1.54, 1.807) is 11.8 Å². The van der Waals surface area contributed by atoms with Crippen molar-refractivity contribution in [2.75, 3.05) is 6.54 Å². The van der Waals surface area contributed by atoms with Gasteiger partial charge in [-0.3, -0.25) is 0 Å². The summed E-state index contributed by atoms with van der Waals surface area (Å²) >= 11 is 5.24. The molecule has 0 radical (unpaired) electrons. The number of aromatic nitrogens is 1. The molecule has 20 heavy (non-hydrogen) atoms. The molecular formula is C16H19BrN2S. The molecule has 1 aromatic heterocycles. The molecule has 4 heteroatoms. The van der Waals surface area contributed by atoms with Crippen LogP contribution in [0.5, 0.6) is 0 Å². The molecule has 2 nitrogen and oxygen atoms in total. The lowest BCUT2D eigenvalue weighted by Crippen LogP contribution is -2.19. The fourth-order valence-corrected chi connectivity index (χ4v) is 3.13. The van der Waals surface area contributed by atoms with E-state index in [4.69, 9.17) is 0 Å². The van der Waals surface area contributed by atoms with Gasteiger partial charge in [0.25, 0.3) is 0 Å². The quantitative estimate of drug-likeness (QED) is 0.788. The number of hydrogen-bond donors (Lipinski definition) is 1. The highest BCUT2D eigenvalue weighted by molar-refractivity contribution is 9.10. The molecule has 0 bridgehead atoms. The Morgan fingerprint density at radius 3 is 2.70 bits per heavy atom. The first-order chi connectivity index (χ1) is 9.70. The monoisotopic (exact) mass is 350 g/mol. The predicted octanol–water partition coefficient (Wildman–Crippen LogP) is 5.06. The summed E-state index contributed by atoms with van der Waals surface area (Å²) in [5.74, 6) is 0. The average molecular weight is 351 g/mol. The number of nitrogens with zero attached hydrogens (tertiary/aromatic N) is 1. The van der Waals surface area contributed by atoms with E-state index in [0.717, 1.165) is 22.5 Å². The molecule has 0 aliphatic rings. The summed E-state index contributed by atoms with van der Waals surface area (Å²) in [5.41, 5.74) is 1.23. The van der Waals surface area contributed by atoms with E-state index in [2.05, 4.69) is 58.3 Å². The van der Waals surface area contributed by atoms with Gasteiger partial charge in [0.15, 0.2) is 0 Å². The van der Waals surface area contributed by atoms with Crippen LogP contribution in [0.3, 0.4) is 0 Å². The highest BCUT2D eigenvalue weighted by Gasteiger charge is 2.06. The lowest BCUT2D eigenvalue weighted by molar-refractivity contribution is 0.568. The Hall–Kier alpha value is -0.840. The average Bonchev–Trinajstić information content (AvgIpc) is 2.48. The van der Waals surface area contributed by atoms with E-state index in [0.29, 0.717) is 6.04 Å². The summed E-state index contributed by atoms with van der Waals surface area (Å²) in [6.45, 7) is 5.39. The second kappa shape index (κ2) is 7.81. The summed E-state index contributed by atoms with van der Waals surface area (Å²) in [6.07, 6.45) is 3.11. The molecule has 1 atom stereocenters. The summed E-state index contributed by atoms with van der Waals surface area (Å²) < 4.78 is 1.11. The van der Waals surface area contributed by atoms with E-state index in [1.807, 2.05) is 24.4 Å². The maximum absolute atomic E-state index is 4.55. The number of benzene rings is 1. The molecule has 1 N–H and O–H groups in total. The number of rotatable bonds is 6. The highest BCUT2D eigenvalue weighted by atomic mass is 79.9. The summed E-state index contributed by atoms with van der Waals surface area (Å²) in [7, 11) is 0. The van der Waals surface area contributed by atoms with Crippen LogP contribution in [0.15, 0.2) is 57.0 Å². The van der Waals surface area contributed by atoms with Crippen LogP contribution < -0.4 is 5.32 Å². The molecule has 2 aromatic rings. The molecule has 1 heterocycles. The third kappa shape index (κ3) is 4.33. The first kappa shape index (κ1) is 15.5. The SMILES string of the molecule is CCCNC(C)c1ccc(Sc2ccccc2Br)nc1. The molecular weight excluding hydrogens is 332 g/mol. The molecule has 0 aliphatic carbocycles. The van der Waals surface area contributed by atoms with Gasteiger partial charge in [-0.25, -0.2) is 4.98 Å². The zero-order valence-corrected chi connectivity index (χ0v) is 14.2. The third-order valence-electron chi connectivity index (χ3n) is 3.01. The summed E-state index contributed by atoms with van der Waals surface area (Å²) in [6, 6.07) is 12.8. The van der Waals surface area contributed by atoms with Crippen LogP contribution >= 0.6 is 27.7 Å². The van der Waals surface area contributed by atoms with Gasteiger partial charge in [-0.2, -0.15) is 0 Å². The molecule has 106 valence electrons. The maximum Gasteiger partial charge on any atom is 0.101 e. The van der Waals surface area contributed by atoms with Crippen molar-refractivity contribution in [2.45, 2.75) is 36.2 Å². The molecule has 0 saturated heterocycles. The van der Waals surface area contributed by atoms with Gasteiger partial charge in [0.05, 0.1) is 0 Å². The summed E-state index contributed by atoms with van der Waals surface area (Å²) in [4.78, 5) is 5.73. The number of nitrogens with one attached hydrogen (secondary N) is 1. The lowest BCUT2D eigenvalue weighted by atomic mass is 10.1. The molecule has 0 fully saturated rings. The van der Waals surface area contributed by atoms with Crippen LogP contribution in [0, 0.1) is 0 Å². The number of halogens is 1.